The van der Waals surface area contributed by atoms with Crippen LogP contribution in [-0.4, -0.2) is 36.0 Å². The van der Waals surface area contributed by atoms with Crippen LogP contribution >= 0.6 is 34.8 Å². The summed E-state index contributed by atoms with van der Waals surface area (Å²) < 4.78 is 4.84. The van der Waals surface area contributed by atoms with Gasteiger partial charge in [0.15, 0.2) is 11.8 Å². The van der Waals surface area contributed by atoms with Crippen LogP contribution in [0, 0.1) is 0 Å². The van der Waals surface area contributed by atoms with Gasteiger partial charge in [-0.05, 0) is 6.92 Å². The van der Waals surface area contributed by atoms with Gasteiger partial charge in [-0.2, -0.15) is 0 Å². The second-order valence-corrected chi connectivity index (χ2v) is 4.86. The molecule has 0 saturated carbocycles. The van der Waals surface area contributed by atoms with Gasteiger partial charge >= 0.3 is 12.0 Å². The lowest BCUT2D eigenvalue weighted by Crippen LogP contribution is -2.43. The van der Waals surface area contributed by atoms with Gasteiger partial charge in [-0.15, -0.1) is 0 Å². The topological polar surface area (TPSA) is 97.4 Å². The summed E-state index contributed by atoms with van der Waals surface area (Å²) >= 11 is 17.3. The molecule has 0 bridgehead atoms. The molecule has 0 unspecified atom stereocenters. The van der Waals surface area contributed by atoms with Crippen molar-refractivity contribution in [3.05, 3.63) is 27.0 Å². The van der Waals surface area contributed by atoms with E-state index in [0.717, 1.165) is 6.20 Å². The summed E-state index contributed by atoms with van der Waals surface area (Å²) in [6, 6.07) is -0.728. The number of amides is 3. The Bertz CT molecular complexity index is 594. The minimum Gasteiger partial charge on any atom is -0.448 e. The van der Waals surface area contributed by atoms with Crippen LogP contribution < -0.4 is 10.6 Å². The Balaban J connectivity index is 2.80. The van der Waals surface area contributed by atoms with Crippen molar-refractivity contribution in [1.29, 1.82) is 0 Å². The average Bonchev–Trinajstić information content (AvgIpc) is 2.44. The molecule has 1 atom stereocenters. The number of aromatic nitrogens is 1. The first kappa shape index (κ1) is 17.5. The molecule has 7 nitrogen and oxygen atoms in total. The minimum atomic E-state index is -1.23. The molecule has 1 heterocycles. The fraction of sp³-hybridized carbons (Fsp3) is 0.273. The van der Waals surface area contributed by atoms with E-state index in [9.17, 15) is 14.4 Å². The number of rotatable bonds is 3. The lowest BCUT2D eigenvalue weighted by Gasteiger charge is -2.13. The monoisotopic (exact) mass is 353 g/mol. The molecule has 0 aliphatic carbocycles. The van der Waals surface area contributed by atoms with Gasteiger partial charge in [0.25, 0.3) is 5.91 Å². The second-order valence-electron chi connectivity index (χ2n) is 3.70. The molecule has 114 valence electrons. The van der Waals surface area contributed by atoms with Crippen LogP contribution in [0.25, 0.3) is 0 Å². The lowest BCUT2D eigenvalue weighted by atomic mass is 10.3. The van der Waals surface area contributed by atoms with Crippen LogP contribution in [0.1, 0.15) is 17.4 Å². The Morgan fingerprint density at radius 3 is 2.43 bits per heavy atom. The molecule has 2 N–H and O–H groups in total. The van der Waals surface area contributed by atoms with Crippen molar-refractivity contribution in [3.63, 3.8) is 0 Å². The quantitative estimate of drug-likeness (QED) is 0.810. The van der Waals surface area contributed by atoms with Crippen molar-refractivity contribution in [1.82, 2.24) is 15.6 Å². The molecule has 0 aliphatic heterocycles. The van der Waals surface area contributed by atoms with E-state index in [1.807, 2.05) is 5.32 Å². The number of hydrogen-bond donors (Lipinski definition) is 2. The van der Waals surface area contributed by atoms with Crippen molar-refractivity contribution in [2.24, 2.45) is 0 Å². The molecule has 0 saturated heterocycles. The van der Waals surface area contributed by atoms with Crippen molar-refractivity contribution < 1.29 is 19.1 Å². The van der Waals surface area contributed by atoms with Gasteiger partial charge in [0.1, 0.15) is 0 Å². The van der Waals surface area contributed by atoms with Crippen molar-refractivity contribution in [2.75, 3.05) is 7.05 Å². The van der Waals surface area contributed by atoms with E-state index in [1.165, 1.54) is 14.0 Å². The van der Waals surface area contributed by atoms with Gasteiger partial charge in [-0.25, -0.2) is 14.6 Å². The molecule has 0 fully saturated rings. The molecule has 1 aromatic rings. The summed E-state index contributed by atoms with van der Waals surface area (Å²) in [6.45, 7) is 1.28. The minimum absolute atomic E-state index is 0.0530. The SMILES string of the molecule is CNC(=O)NC(=O)[C@H](C)OC(=O)c1ncc(Cl)c(Cl)c1Cl. The zero-order valence-electron chi connectivity index (χ0n) is 10.9. The van der Waals surface area contributed by atoms with Crippen molar-refractivity contribution in [2.45, 2.75) is 13.0 Å². The number of carbonyl (C=O) groups is 3. The highest BCUT2D eigenvalue weighted by atomic mass is 35.5. The van der Waals surface area contributed by atoms with E-state index in [1.54, 1.807) is 0 Å². The first-order valence-corrected chi connectivity index (χ1v) is 6.64. The zero-order chi connectivity index (χ0) is 16.2. The van der Waals surface area contributed by atoms with E-state index in [2.05, 4.69) is 10.3 Å². The Kier molecular flexibility index (Phi) is 6.19. The number of imide groups is 1. The fourth-order valence-electron chi connectivity index (χ4n) is 1.13. The Morgan fingerprint density at radius 2 is 1.86 bits per heavy atom. The number of nitrogens with zero attached hydrogens (tertiary/aromatic N) is 1. The number of hydrogen-bond acceptors (Lipinski definition) is 5. The summed E-state index contributed by atoms with van der Waals surface area (Å²) in [5.74, 6) is -1.78. The summed E-state index contributed by atoms with van der Waals surface area (Å²) in [5, 5.41) is 3.97. The van der Waals surface area contributed by atoms with Crippen LogP contribution in [0.3, 0.4) is 0 Å². The molecule has 1 rings (SSSR count). The first-order valence-electron chi connectivity index (χ1n) is 5.51. The van der Waals surface area contributed by atoms with E-state index in [-0.39, 0.29) is 20.8 Å². The van der Waals surface area contributed by atoms with Crippen LogP contribution in [0.4, 0.5) is 4.79 Å². The summed E-state index contributed by atoms with van der Waals surface area (Å²) in [5.41, 5.74) is -0.286. The van der Waals surface area contributed by atoms with Gasteiger partial charge in [0, 0.05) is 13.2 Å². The second kappa shape index (κ2) is 7.44. The van der Waals surface area contributed by atoms with Crippen molar-refractivity contribution >= 4 is 52.7 Å². The molecule has 0 aliphatic rings. The summed E-state index contributed by atoms with van der Waals surface area (Å²) in [4.78, 5) is 38.0. The summed E-state index contributed by atoms with van der Waals surface area (Å²) in [6.07, 6.45) is -0.108. The normalized spacial score (nSPS) is 11.5. The highest BCUT2D eigenvalue weighted by Gasteiger charge is 2.24. The number of ether oxygens (including phenoxy) is 1. The highest BCUT2D eigenvalue weighted by Crippen LogP contribution is 2.31. The van der Waals surface area contributed by atoms with Crippen LogP contribution in [0.2, 0.25) is 15.1 Å². The predicted octanol–water partition coefficient (Wildman–Crippen LogP) is 2.04. The zero-order valence-corrected chi connectivity index (χ0v) is 13.1. The summed E-state index contributed by atoms with van der Waals surface area (Å²) in [7, 11) is 1.33. The molecule has 21 heavy (non-hydrogen) atoms. The molecule has 1 aromatic heterocycles. The number of urea groups is 1. The maximum absolute atomic E-state index is 11.8. The van der Waals surface area contributed by atoms with Crippen LogP contribution in [0.5, 0.6) is 0 Å². The van der Waals surface area contributed by atoms with Gasteiger partial charge in [-0.3, -0.25) is 10.1 Å². The van der Waals surface area contributed by atoms with Gasteiger partial charge in [0.05, 0.1) is 15.1 Å². The van der Waals surface area contributed by atoms with E-state index in [4.69, 9.17) is 39.5 Å². The number of nitrogens with one attached hydrogen (secondary N) is 2. The van der Waals surface area contributed by atoms with E-state index >= 15 is 0 Å². The third-order valence-corrected chi connectivity index (χ3v) is 3.47. The van der Waals surface area contributed by atoms with Crippen LogP contribution in [-0.2, 0) is 9.53 Å². The maximum Gasteiger partial charge on any atom is 0.359 e. The molecule has 0 radical (unpaired) electrons. The molecular weight excluding hydrogens is 344 g/mol. The molecular formula is C11H10Cl3N3O4. The maximum atomic E-state index is 11.8. The molecule has 10 heteroatoms. The molecule has 3 amide bonds. The lowest BCUT2D eigenvalue weighted by molar-refractivity contribution is -0.127. The highest BCUT2D eigenvalue weighted by molar-refractivity contribution is 6.48. The largest absolute Gasteiger partial charge is 0.448 e. The van der Waals surface area contributed by atoms with Crippen molar-refractivity contribution in [3.8, 4) is 0 Å². The Hall–Kier alpha value is -1.57. The van der Waals surface area contributed by atoms with E-state index < -0.39 is 24.0 Å². The van der Waals surface area contributed by atoms with Crippen LogP contribution in [0.15, 0.2) is 6.20 Å². The average molecular weight is 355 g/mol. The number of pyridine rings is 1. The molecule has 0 aromatic carbocycles. The molecule has 0 spiro atoms. The predicted molar refractivity (Wildman–Crippen MR) is 76.7 cm³/mol. The number of halogens is 3. The first-order chi connectivity index (χ1) is 9.77. The van der Waals surface area contributed by atoms with Gasteiger partial charge in [0.2, 0.25) is 0 Å². The van der Waals surface area contributed by atoms with Gasteiger partial charge in [-0.1, -0.05) is 34.8 Å². The third kappa shape index (κ3) is 4.45. The number of carbonyl (C=O) groups excluding carboxylic acids is 3. The smallest absolute Gasteiger partial charge is 0.359 e. The fourth-order valence-corrected chi connectivity index (χ4v) is 1.69. The Morgan fingerprint density at radius 1 is 1.24 bits per heavy atom. The third-order valence-electron chi connectivity index (χ3n) is 2.23. The Labute approximate surface area is 134 Å². The van der Waals surface area contributed by atoms with Gasteiger partial charge < -0.3 is 10.1 Å². The standard InChI is InChI=1S/C11H10Cl3N3O4/c1-4(9(18)17-11(20)15-2)21-10(19)8-7(14)6(13)5(12)3-16-8/h3-4H,1-2H3,(H2,15,17,18,20)/t4-/m0/s1. The van der Waals surface area contributed by atoms with E-state index in [0.29, 0.717) is 0 Å². The number of esters is 1.